The highest BCUT2D eigenvalue weighted by molar-refractivity contribution is 5.62. The molecule has 2 rings (SSSR count). The summed E-state index contributed by atoms with van der Waals surface area (Å²) in [5.74, 6) is 1.47. The summed E-state index contributed by atoms with van der Waals surface area (Å²) in [6, 6.07) is 8.05. The molecule has 1 atom stereocenters. The van der Waals surface area contributed by atoms with Crippen LogP contribution in [-0.4, -0.2) is 49.9 Å². The largest absolute Gasteiger partial charge is 0.504 e. The second kappa shape index (κ2) is 9.70. The lowest BCUT2D eigenvalue weighted by Crippen LogP contribution is -2.11. The van der Waals surface area contributed by atoms with Gasteiger partial charge in [0.25, 0.3) is 0 Å². The lowest BCUT2D eigenvalue weighted by molar-refractivity contribution is 0.104. The first kappa shape index (κ1) is 20.4. The second-order valence-electron chi connectivity index (χ2n) is 5.60. The van der Waals surface area contributed by atoms with E-state index in [2.05, 4.69) is 0 Å². The molecule has 146 valence electrons. The van der Waals surface area contributed by atoms with Crippen molar-refractivity contribution in [1.29, 1.82) is 0 Å². The lowest BCUT2D eigenvalue weighted by atomic mass is 10.1. The maximum Gasteiger partial charge on any atom is 0.203 e. The maximum absolute atomic E-state index is 10.4. The van der Waals surface area contributed by atoms with Gasteiger partial charge in [-0.15, -0.1) is 0 Å². The van der Waals surface area contributed by atoms with Gasteiger partial charge in [-0.2, -0.15) is 0 Å². The summed E-state index contributed by atoms with van der Waals surface area (Å²) in [5, 5.41) is 29.0. The minimum Gasteiger partial charge on any atom is -0.504 e. The molecule has 0 spiro atoms. The number of aliphatic hydroxyl groups excluding tert-OH is 2. The van der Waals surface area contributed by atoms with E-state index in [9.17, 15) is 10.2 Å². The van der Waals surface area contributed by atoms with Crippen molar-refractivity contribution in [2.24, 2.45) is 0 Å². The third-order valence-corrected chi connectivity index (χ3v) is 3.87. The Morgan fingerprint density at radius 3 is 2.15 bits per heavy atom. The van der Waals surface area contributed by atoms with Gasteiger partial charge in [-0.1, -0.05) is 18.2 Å². The van der Waals surface area contributed by atoms with Gasteiger partial charge in [-0.25, -0.2) is 0 Å². The highest BCUT2D eigenvalue weighted by Crippen LogP contribution is 2.39. The molecule has 0 bridgehead atoms. The SMILES string of the molecule is COc1cc(C(O)COc2c(OC)cc(/C=C/CO)cc2OC)ccc1O. The Kier molecular flexibility index (Phi) is 7.34. The summed E-state index contributed by atoms with van der Waals surface area (Å²) in [6.45, 7) is -0.141. The van der Waals surface area contributed by atoms with E-state index in [1.807, 2.05) is 0 Å². The van der Waals surface area contributed by atoms with Gasteiger partial charge < -0.3 is 34.3 Å². The van der Waals surface area contributed by atoms with Crippen LogP contribution in [0.3, 0.4) is 0 Å². The molecule has 0 saturated heterocycles. The van der Waals surface area contributed by atoms with Crippen LogP contribution in [0.1, 0.15) is 17.2 Å². The number of aliphatic hydroxyl groups is 2. The molecule has 0 saturated carbocycles. The summed E-state index contributed by atoms with van der Waals surface area (Å²) < 4.78 is 21.5. The zero-order valence-electron chi connectivity index (χ0n) is 15.5. The predicted octanol–water partition coefficient (Wildman–Crippen LogP) is 2.54. The predicted molar refractivity (Wildman–Crippen MR) is 101 cm³/mol. The highest BCUT2D eigenvalue weighted by Gasteiger charge is 2.17. The Morgan fingerprint density at radius 1 is 0.963 bits per heavy atom. The minimum absolute atomic E-state index is 0.00997. The van der Waals surface area contributed by atoms with Crippen LogP contribution in [0.15, 0.2) is 36.4 Å². The fraction of sp³-hybridized carbons (Fsp3) is 0.300. The van der Waals surface area contributed by atoms with Crippen LogP contribution in [0.5, 0.6) is 28.7 Å². The molecule has 0 amide bonds. The van der Waals surface area contributed by atoms with Gasteiger partial charge >= 0.3 is 0 Å². The van der Waals surface area contributed by atoms with Crippen molar-refractivity contribution in [3.8, 4) is 28.7 Å². The number of rotatable bonds is 9. The Labute approximate surface area is 158 Å². The number of benzene rings is 2. The number of phenolic OH excluding ortho intramolecular Hbond substituents is 1. The molecule has 3 N–H and O–H groups in total. The number of methoxy groups -OCH3 is 3. The normalized spacial score (nSPS) is 12.0. The minimum atomic E-state index is -0.956. The third kappa shape index (κ3) is 5.06. The Balaban J connectivity index is 2.22. The molecule has 0 aliphatic heterocycles. The molecule has 7 nitrogen and oxygen atoms in total. The van der Waals surface area contributed by atoms with E-state index in [0.29, 0.717) is 22.8 Å². The smallest absolute Gasteiger partial charge is 0.203 e. The fourth-order valence-electron chi connectivity index (χ4n) is 2.49. The maximum atomic E-state index is 10.4. The van der Waals surface area contributed by atoms with E-state index in [-0.39, 0.29) is 24.7 Å². The number of hydrogen-bond donors (Lipinski definition) is 3. The van der Waals surface area contributed by atoms with Crippen molar-refractivity contribution in [2.45, 2.75) is 6.10 Å². The van der Waals surface area contributed by atoms with Crippen LogP contribution >= 0.6 is 0 Å². The summed E-state index contributed by atoms with van der Waals surface area (Å²) >= 11 is 0. The van der Waals surface area contributed by atoms with E-state index < -0.39 is 6.10 Å². The first-order valence-electron chi connectivity index (χ1n) is 8.25. The van der Waals surface area contributed by atoms with Crippen molar-refractivity contribution in [3.63, 3.8) is 0 Å². The van der Waals surface area contributed by atoms with Crippen molar-refractivity contribution < 1.29 is 34.3 Å². The van der Waals surface area contributed by atoms with Crippen LogP contribution < -0.4 is 18.9 Å². The van der Waals surface area contributed by atoms with E-state index in [1.54, 1.807) is 36.4 Å². The third-order valence-electron chi connectivity index (χ3n) is 3.87. The van der Waals surface area contributed by atoms with Gasteiger partial charge in [0.15, 0.2) is 23.0 Å². The van der Waals surface area contributed by atoms with Crippen LogP contribution in [-0.2, 0) is 0 Å². The van der Waals surface area contributed by atoms with Crippen LogP contribution in [0.25, 0.3) is 6.08 Å². The average molecular weight is 376 g/mol. The average Bonchev–Trinajstić information content (AvgIpc) is 2.70. The lowest BCUT2D eigenvalue weighted by Gasteiger charge is -2.18. The molecule has 0 heterocycles. The standard InChI is InChI=1S/C20H24O7/c1-24-17-11-14(6-7-15(17)22)16(23)12-27-20-18(25-2)9-13(5-4-8-21)10-19(20)26-3/h4-7,9-11,16,21-23H,8,12H2,1-3H3/b5-4+. The van der Waals surface area contributed by atoms with Crippen molar-refractivity contribution in [3.05, 3.63) is 47.5 Å². The highest BCUT2D eigenvalue weighted by atomic mass is 16.5. The molecule has 0 radical (unpaired) electrons. The van der Waals surface area contributed by atoms with Gasteiger partial charge in [0.2, 0.25) is 5.75 Å². The zero-order valence-corrected chi connectivity index (χ0v) is 15.5. The van der Waals surface area contributed by atoms with E-state index in [1.165, 1.54) is 27.4 Å². The summed E-state index contributed by atoms with van der Waals surface area (Å²) in [7, 11) is 4.44. The van der Waals surface area contributed by atoms with Gasteiger partial charge in [-0.05, 0) is 35.4 Å². The molecule has 0 aliphatic rings. The number of aromatic hydroxyl groups is 1. The van der Waals surface area contributed by atoms with E-state index in [4.69, 9.17) is 24.1 Å². The molecule has 0 aromatic heterocycles. The fourth-order valence-corrected chi connectivity index (χ4v) is 2.49. The van der Waals surface area contributed by atoms with Crippen molar-refractivity contribution in [2.75, 3.05) is 34.5 Å². The van der Waals surface area contributed by atoms with E-state index >= 15 is 0 Å². The number of ether oxygens (including phenoxy) is 4. The Hall–Kier alpha value is -2.90. The van der Waals surface area contributed by atoms with Gasteiger partial charge in [0, 0.05) is 0 Å². The Morgan fingerprint density at radius 2 is 1.59 bits per heavy atom. The molecule has 1 unspecified atom stereocenters. The topological polar surface area (TPSA) is 97.6 Å². The van der Waals surface area contributed by atoms with Crippen LogP contribution in [0.4, 0.5) is 0 Å². The van der Waals surface area contributed by atoms with Crippen LogP contribution in [0, 0.1) is 0 Å². The number of phenols is 1. The first-order valence-corrected chi connectivity index (χ1v) is 8.25. The molecule has 7 heteroatoms. The summed E-state index contributed by atoms with van der Waals surface area (Å²) in [6.07, 6.45) is 2.37. The van der Waals surface area contributed by atoms with Gasteiger partial charge in [-0.3, -0.25) is 0 Å². The van der Waals surface area contributed by atoms with E-state index in [0.717, 1.165) is 5.56 Å². The molecule has 27 heavy (non-hydrogen) atoms. The molecular formula is C20H24O7. The molecule has 2 aromatic carbocycles. The summed E-state index contributed by atoms with van der Waals surface area (Å²) in [5.41, 5.74) is 1.30. The van der Waals surface area contributed by atoms with Gasteiger partial charge in [0.1, 0.15) is 12.7 Å². The molecule has 0 fully saturated rings. The molecular weight excluding hydrogens is 352 g/mol. The number of hydrogen-bond acceptors (Lipinski definition) is 7. The zero-order chi connectivity index (χ0) is 19.8. The van der Waals surface area contributed by atoms with Crippen molar-refractivity contribution in [1.82, 2.24) is 0 Å². The monoisotopic (exact) mass is 376 g/mol. The van der Waals surface area contributed by atoms with Crippen LogP contribution in [0.2, 0.25) is 0 Å². The van der Waals surface area contributed by atoms with Crippen molar-refractivity contribution >= 4 is 6.08 Å². The Bertz CT molecular complexity index is 761. The van der Waals surface area contributed by atoms with Gasteiger partial charge in [0.05, 0.1) is 27.9 Å². The molecule has 0 aliphatic carbocycles. The molecule has 2 aromatic rings. The second-order valence-corrected chi connectivity index (χ2v) is 5.60. The first-order chi connectivity index (χ1) is 13.0. The summed E-state index contributed by atoms with van der Waals surface area (Å²) in [4.78, 5) is 0. The quantitative estimate of drug-likeness (QED) is 0.619.